The number of carbonyl (C=O) groups excluding carboxylic acids is 4. The second-order valence-electron chi connectivity index (χ2n) is 13.7. The number of likely N-dealkylation sites (tertiary alicyclic amines) is 1. The van der Waals surface area contributed by atoms with Crippen molar-refractivity contribution in [2.75, 3.05) is 13.1 Å². The molecule has 0 aromatic rings. The lowest BCUT2D eigenvalue weighted by molar-refractivity contribution is -0.145. The number of alkyl carbamates (subject to hydrolysis) is 1. The van der Waals surface area contributed by atoms with Crippen molar-refractivity contribution >= 4 is 23.8 Å². The van der Waals surface area contributed by atoms with E-state index in [0.717, 1.165) is 12.8 Å². The Morgan fingerprint density at radius 1 is 1.11 bits per heavy atom. The highest BCUT2D eigenvalue weighted by molar-refractivity contribution is 5.94. The van der Waals surface area contributed by atoms with E-state index in [1.165, 1.54) is 6.08 Å². The first-order valence-corrected chi connectivity index (χ1v) is 13.6. The number of ether oxygens (including phenoxy) is 1. The average Bonchev–Trinajstić information content (AvgIpc) is 3.65. The summed E-state index contributed by atoms with van der Waals surface area (Å²) in [6, 6.07) is -2.43. The standard InChI is InChI=1S/C28H46N4O6/c1-10-13-29-23(35)20(33)18(15-11-12-15)30-22(34)19-17-16(28(17,8)9)14-32(19)24(36)21(26(2,3)4)31-25(37)38-27(5,6)7/h10,15-21,33H,1,11-14H2,2-9H3,(H,29,35)(H,30,34)(H,31,37)/t16-,17-,18?,19-,20?,21+/m0/s1. The summed E-state index contributed by atoms with van der Waals surface area (Å²) in [5.74, 6) is -1.22. The van der Waals surface area contributed by atoms with Crippen LogP contribution in [-0.2, 0) is 19.1 Å². The summed E-state index contributed by atoms with van der Waals surface area (Å²) in [7, 11) is 0. The predicted octanol–water partition coefficient (Wildman–Crippen LogP) is 1.97. The Balaban J connectivity index is 1.82. The Hall–Kier alpha value is -2.62. The van der Waals surface area contributed by atoms with Gasteiger partial charge in [0.25, 0.3) is 5.91 Å². The number of amides is 4. The zero-order chi connectivity index (χ0) is 28.8. The molecule has 2 saturated carbocycles. The lowest BCUT2D eigenvalue weighted by Crippen LogP contribution is -2.61. The Morgan fingerprint density at radius 3 is 2.21 bits per heavy atom. The summed E-state index contributed by atoms with van der Waals surface area (Å²) < 4.78 is 5.40. The molecule has 10 nitrogen and oxygen atoms in total. The summed E-state index contributed by atoms with van der Waals surface area (Å²) >= 11 is 0. The first-order chi connectivity index (χ1) is 17.4. The van der Waals surface area contributed by atoms with E-state index in [0.29, 0.717) is 6.54 Å². The van der Waals surface area contributed by atoms with Crippen molar-refractivity contribution in [3.05, 3.63) is 12.7 Å². The van der Waals surface area contributed by atoms with E-state index in [1.54, 1.807) is 25.7 Å². The number of nitrogens with zero attached hydrogens (tertiary/aromatic N) is 1. The summed E-state index contributed by atoms with van der Waals surface area (Å²) in [5, 5.41) is 19.0. The zero-order valence-electron chi connectivity index (χ0n) is 24.1. The second-order valence-corrected chi connectivity index (χ2v) is 13.7. The van der Waals surface area contributed by atoms with Gasteiger partial charge in [-0.25, -0.2) is 4.79 Å². The van der Waals surface area contributed by atoms with Gasteiger partial charge in [-0.05, 0) is 62.2 Å². The van der Waals surface area contributed by atoms with Gasteiger partial charge in [0.15, 0.2) is 6.10 Å². The molecule has 4 N–H and O–H groups in total. The molecule has 0 radical (unpaired) electrons. The molecule has 1 heterocycles. The van der Waals surface area contributed by atoms with Crippen molar-refractivity contribution in [3.63, 3.8) is 0 Å². The SMILES string of the molecule is C=CCNC(=O)C(O)C(NC(=O)[C@@H]1[C@@H]2[C@H](CN1C(=O)[C@@H](NC(=O)OC(C)(C)C)C(C)(C)C)C2(C)C)C1CC1. The molecule has 3 fully saturated rings. The van der Waals surface area contributed by atoms with E-state index in [9.17, 15) is 24.3 Å². The minimum atomic E-state index is -1.41. The van der Waals surface area contributed by atoms with Crippen molar-refractivity contribution in [1.82, 2.24) is 20.9 Å². The Bertz CT molecular complexity index is 961. The highest BCUT2D eigenvalue weighted by Gasteiger charge is 2.70. The molecular weight excluding hydrogens is 488 g/mol. The van der Waals surface area contributed by atoms with Crippen LogP contribution in [-0.4, -0.2) is 76.7 Å². The first-order valence-electron chi connectivity index (χ1n) is 13.6. The van der Waals surface area contributed by atoms with E-state index in [-0.39, 0.29) is 41.5 Å². The van der Waals surface area contributed by atoms with Crippen LogP contribution >= 0.6 is 0 Å². The number of carbonyl (C=O) groups is 4. The second kappa shape index (κ2) is 10.5. The van der Waals surface area contributed by atoms with Gasteiger partial charge in [0, 0.05) is 13.1 Å². The van der Waals surface area contributed by atoms with Gasteiger partial charge in [-0.15, -0.1) is 6.58 Å². The van der Waals surface area contributed by atoms with Gasteiger partial charge in [-0.2, -0.15) is 0 Å². The molecule has 3 rings (SSSR count). The van der Waals surface area contributed by atoms with Crippen molar-refractivity contribution in [3.8, 4) is 0 Å². The van der Waals surface area contributed by atoms with Crippen LogP contribution < -0.4 is 16.0 Å². The molecule has 2 unspecified atom stereocenters. The van der Waals surface area contributed by atoms with Gasteiger partial charge in [-0.3, -0.25) is 14.4 Å². The molecular formula is C28H46N4O6. The van der Waals surface area contributed by atoms with E-state index in [2.05, 4.69) is 36.4 Å². The quantitative estimate of drug-likeness (QED) is 0.334. The number of piperidine rings is 1. The number of hydrogen-bond donors (Lipinski definition) is 4. The van der Waals surface area contributed by atoms with Gasteiger partial charge >= 0.3 is 6.09 Å². The number of hydrogen-bond acceptors (Lipinski definition) is 6. The largest absolute Gasteiger partial charge is 0.444 e. The summed E-state index contributed by atoms with van der Waals surface area (Å²) in [5.41, 5.74) is -1.50. The van der Waals surface area contributed by atoms with Gasteiger partial charge in [0.2, 0.25) is 11.8 Å². The molecule has 38 heavy (non-hydrogen) atoms. The maximum atomic E-state index is 13.9. The van der Waals surface area contributed by atoms with E-state index >= 15 is 0 Å². The monoisotopic (exact) mass is 534 g/mol. The Morgan fingerprint density at radius 2 is 1.71 bits per heavy atom. The lowest BCUT2D eigenvalue weighted by Gasteiger charge is -2.38. The minimum absolute atomic E-state index is 0.00634. The molecule has 10 heteroatoms. The highest BCUT2D eigenvalue weighted by Crippen LogP contribution is 2.65. The number of fused-ring (bicyclic) bond motifs is 1. The van der Waals surface area contributed by atoms with Gasteiger partial charge in [0.1, 0.15) is 17.7 Å². The molecule has 0 spiro atoms. The highest BCUT2D eigenvalue weighted by atomic mass is 16.6. The van der Waals surface area contributed by atoms with E-state index in [4.69, 9.17) is 4.74 Å². The number of rotatable bonds is 9. The van der Waals surface area contributed by atoms with Crippen molar-refractivity contribution in [2.45, 2.75) is 98.1 Å². The molecule has 0 aromatic carbocycles. The molecule has 2 aliphatic carbocycles. The smallest absolute Gasteiger partial charge is 0.408 e. The van der Waals surface area contributed by atoms with Gasteiger partial charge < -0.3 is 30.7 Å². The third-order valence-corrected chi connectivity index (χ3v) is 8.00. The third-order valence-electron chi connectivity index (χ3n) is 8.00. The molecule has 0 aromatic heterocycles. The Labute approximate surface area is 226 Å². The zero-order valence-corrected chi connectivity index (χ0v) is 24.1. The molecule has 214 valence electrons. The van der Waals surface area contributed by atoms with E-state index < -0.39 is 47.2 Å². The van der Waals surface area contributed by atoms with Crippen LogP contribution in [0.3, 0.4) is 0 Å². The molecule has 6 atom stereocenters. The fourth-order valence-corrected chi connectivity index (χ4v) is 5.65. The van der Waals surface area contributed by atoms with Gasteiger partial charge in [0.05, 0.1) is 6.04 Å². The van der Waals surface area contributed by atoms with Crippen molar-refractivity contribution < 1.29 is 29.0 Å². The van der Waals surface area contributed by atoms with E-state index in [1.807, 2.05) is 20.8 Å². The fraction of sp³-hybridized carbons (Fsp3) is 0.786. The molecule has 3 aliphatic rings. The topological polar surface area (TPSA) is 137 Å². The van der Waals surface area contributed by atoms with Crippen LogP contribution in [0, 0.1) is 28.6 Å². The van der Waals surface area contributed by atoms with Crippen LogP contribution in [0.1, 0.15) is 68.2 Å². The first kappa shape index (κ1) is 29.9. The third kappa shape index (κ3) is 6.50. The summed E-state index contributed by atoms with van der Waals surface area (Å²) in [6.07, 6.45) is 1.01. The van der Waals surface area contributed by atoms with Crippen LogP contribution in [0.5, 0.6) is 0 Å². The van der Waals surface area contributed by atoms with Crippen LogP contribution in [0.2, 0.25) is 0 Å². The predicted molar refractivity (Wildman–Crippen MR) is 143 cm³/mol. The lowest BCUT2D eigenvalue weighted by atomic mass is 9.85. The Kier molecular flexibility index (Phi) is 8.28. The van der Waals surface area contributed by atoms with Crippen LogP contribution in [0.4, 0.5) is 4.79 Å². The van der Waals surface area contributed by atoms with Crippen molar-refractivity contribution in [2.24, 2.45) is 28.6 Å². The normalized spacial score (nSPS) is 26.3. The van der Waals surface area contributed by atoms with Crippen LogP contribution in [0.15, 0.2) is 12.7 Å². The maximum absolute atomic E-state index is 13.9. The number of aliphatic hydroxyl groups excluding tert-OH is 1. The van der Waals surface area contributed by atoms with Gasteiger partial charge in [-0.1, -0.05) is 40.7 Å². The minimum Gasteiger partial charge on any atom is -0.444 e. The van der Waals surface area contributed by atoms with Crippen LogP contribution in [0.25, 0.3) is 0 Å². The summed E-state index contributed by atoms with van der Waals surface area (Å²) in [6.45, 7) is 19.1. The number of aliphatic hydroxyl groups is 1. The molecule has 4 amide bonds. The maximum Gasteiger partial charge on any atom is 0.408 e. The summed E-state index contributed by atoms with van der Waals surface area (Å²) in [4.78, 5) is 54.3. The average molecular weight is 535 g/mol. The fourth-order valence-electron chi connectivity index (χ4n) is 5.65. The number of nitrogens with one attached hydrogen (secondary N) is 3. The molecule has 1 aliphatic heterocycles. The molecule has 0 bridgehead atoms. The molecule has 1 saturated heterocycles. The van der Waals surface area contributed by atoms with Crippen molar-refractivity contribution in [1.29, 1.82) is 0 Å².